The number of β-amino-alcohol motifs (C(OH)–C–C–N with tert-alkyl or cyclic N) is 1. The van der Waals surface area contributed by atoms with Gasteiger partial charge in [0.15, 0.2) is 5.82 Å². The molecule has 5 aliphatic rings. The highest BCUT2D eigenvalue weighted by Crippen LogP contribution is 2.64. The molecule has 3 N–H and O–H groups in total. The normalized spacial score (nSPS) is 26.7. The number of aromatic hydroxyl groups is 1. The number of carbonyl (C=O) groups is 1. The fourth-order valence-corrected chi connectivity index (χ4v) is 10.7. The van der Waals surface area contributed by atoms with Gasteiger partial charge in [-0.2, -0.15) is 9.97 Å². The number of nitrogens with zero attached hydrogens (tertiary/aromatic N) is 5. The molecule has 9 rings (SSSR count). The highest BCUT2D eigenvalue weighted by molar-refractivity contribution is 6.02. The van der Waals surface area contributed by atoms with Crippen molar-refractivity contribution >= 4 is 33.4 Å². The summed E-state index contributed by atoms with van der Waals surface area (Å²) in [6.45, 7) is 5.51. The summed E-state index contributed by atoms with van der Waals surface area (Å²) in [6, 6.07) is 7.10. The van der Waals surface area contributed by atoms with Gasteiger partial charge in [-0.15, -0.1) is 0 Å². The molecule has 286 valence electrons. The average Bonchev–Trinajstić information content (AvgIpc) is 3.36. The lowest BCUT2D eigenvalue weighted by Gasteiger charge is -2.66. The second-order valence-electron chi connectivity index (χ2n) is 16.2. The number of carbonyl (C=O) groups excluding carboxylic acids is 1. The van der Waals surface area contributed by atoms with Gasteiger partial charge in [0.2, 0.25) is 11.8 Å². The number of amides is 1. The molecular weight excluding hydrogens is 698 g/mol. The van der Waals surface area contributed by atoms with Crippen molar-refractivity contribution in [2.75, 3.05) is 64.6 Å². The lowest BCUT2D eigenvalue weighted by atomic mass is 9.47. The van der Waals surface area contributed by atoms with E-state index in [-0.39, 0.29) is 86.4 Å². The van der Waals surface area contributed by atoms with Crippen LogP contribution in [0, 0.1) is 28.4 Å². The number of hydrogen-bond donors (Lipinski definition) is 3. The number of benzene rings is 2. The zero-order chi connectivity index (χ0) is 37.4. The third kappa shape index (κ3) is 5.54. The summed E-state index contributed by atoms with van der Waals surface area (Å²) in [5.74, 6) is -0.762. The van der Waals surface area contributed by atoms with Crippen LogP contribution >= 0.6 is 0 Å². The molecule has 3 unspecified atom stereocenters. The maximum absolute atomic E-state index is 17.2. The van der Waals surface area contributed by atoms with Crippen molar-refractivity contribution in [2.45, 2.75) is 63.5 Å². The van der Waals surface area contributed by atoms with E-state index in [1.807, 2.05) is 4.90 Å². The maximum atomic E-state index is 17.2. The first kappa shape index (κ1) is 35.3. The van der Waals surface area contributed by atoms with Gasteiger partial charge in [0.1, 0.15) is 34.0 Å². The van der Waals surface area contributed by atoms with E-state index >= 15 is 8.78 Å². The van der Waals surface area contributed by atoms with Crippen LogP contribution in [0.2, 0.25) is 0 Å². The summed E-state index contributed by atoms with van der Waals surface area (Å²) < 4.78 is 50.6. The molecule has 14 heteroatoms. The number of methoxy groups -OCH3 is 1. The van der Waals surface area contributed by atoms with Crippen molar-refractivity contribution in [3.05, 3.63) is 42.0 Å². The summed E-state index contributed by atoms with van der Waals surface area (Å²) in [4.78, 5) is 29.8. The average molecular weight is 745 g/mol. The van der Waals surface area contributed by atoms with Crippen LogP contribution in [0.4, 0.5) is 14.6 Å². The van der Waals surface area contributed by atoms with Crippen LogP contribution in [-0.4, -0.2) is 107 Å². The lowest BCUT2D eigenvalue weighted by Crippen LogP contribution is -2.72. The molecule has 0 bridgehead atoms. The summed E-state index contributed by atoms with van der Waals surface area (Å²) >= 11 is 0. The smallest absolute Gasteiger partial charge is 0.319 e. The Bertz CT molecular complexity index is 2140. The Morgan fingerprint density at radius 1 is 1.09 bits per heavy atom. The number of likely N-dealkylation sites (tertiary alicyclic amines) is 1. The summed E-state index contributed by atoms with van der Waals surface area (Å²) in [5.41, 5.74) is -0.440. The van der Waals surface area contributed by atoms with Crippen molar-refractivity contribution in [1.29, 1.82) is 0 Å². The van der Waals surface area contributed by atoms with Gasteiger partial charge < -0.3 is 39.5 Å². The molecule has 5 fully saturated rings. The second-order valence-corrected chi connectivity index (χ2v) is 16.2. The van der Waals surface area contributed by atoms with E-state index in [9.17, 15) is 15.0 Å². The topological polar surface area (TPSA) is 142 Å². The van der Waals surface area contributed by atoms with E-state index in [2.05, 4.69) is 10.3 Å². The van der Waals surface area contributed by atoms with Crippen LogP contribution in [0.25, 0.3) is 32.9 Å². The number of aromatic nitrogens is 3. The minimum Gasteiger partial charge on any atom is -0.508 e. The highest BCUT2D eigenvalue weighted by atomic mass is 19.1. The number of hydrogen-bond acceptors (Lipinski definition) is 11. The molecule has 3 atom stereocenters. The first-order valence-electron chi connectivity index (χ1n) is 19.1. The number of ether oxygens (including phenoxy) is 3. The van der Waals surface area contributed by atoms with Gasteiger partial charge in [-0.25, -0.2) is 13.8 Å². The molecule has 2 aromatic heterocycles. The van der Waals surface area contributed by atoms with E-state index in [0.717, 1.165) is 64.6 Å². The first-order chi connectivity index (χ1) is 26.0. The number of pyridine rings is 1. The molecule has 2 saturated carbocycles. The molecular formula is C40H46F2N6O6. The zero-order valence-electron chi connectivity index (χ0n) is 30.7. The molecule has 1 spiro atoms. The Hall–Kier alpha value is -4.40. The number of piperidine rings is 1. The minimum absolute atomic E-state index is 0.00133. The monoisotopic (exact) mass is 744 g/mol. The number of aliphatic hydroxyl groups is 1. The number of phenolic OH excluding ortho intramolecular Hbond substituents is 1. The Balaban J connectivity index is 1.13. The Morgan fingerprint density at radius 3 is 2.70 bits per heavy atom. The number of halogens is 2. The number of rotatable bonds is 7. The Labute approximate surface area is 311 Å². The molecule has 54 heavy (non-hydrogen) atoms. The van der Waals surface area contributed by atoms with E-state index in [1.54, 1.807) is 17.9 Å². The zero-order valence-corrected chi connectivity index (χ0v) is 30.7. The first-order valence-corrected chi connectivity index (χ1v) is 19.1. The van der Waals surface area contributed by atoms with Crippen LogP contribution in [0.5, 0.6) is 17.6 Å². The number of fused-ring (bicyclic) bond motifs is 3. The molecule has 1 amide bonds. The van der Waals surface area contributed by atoms with Crippen LogP contribution in [-0.2, 0) is 9.53 Å². The van der Waals surface area contributed by atoms with Gasteiger partial charge in [0.05, 0.1) is 33.0 Å². The Morgan fingerprint density at radius 2 is 1.91 bits per heavy atom. The molecule has 4 aromatic rings. The molecule has 5 heterocycles. The van der Waals surface area contributed by atoms with Crippen molar-refractivity contribution in [2.24, 2.45) is 16.7 Å². The van der Waals surface area contributed by atoms with Crippen molar-refractivity contribution in [3.63, 3.8) is 0 Å². The largest absolute Gasteiger partial charge is 0.508 e. The van der Waals surface area contributed by atoms with Crippen molar-refractivity contribution in [3.8, 4) is 28.9 Å². The predicted octanol–water partition coefficient (Wildman–Crippen LogP) is 4.96. The SMILES string of the molecule is COc1nc(-c2cc(O)cc3cccc(F)c23)c(F)c2nc(OCC34CCCNC3(C3CC5(C3)CN(C(C)=O)C5)CCC4)nc(N3CCOCC(O)C3)c12. The number of aliphatic hydroxyl groups excluding tert-OH is 1. The highest BCUT2D eigenvalue weighted by Gasteiger charge is 2.66. The molecule has 2 aromatic carbocycles. The second kappa shape index (κ2) is 13.1. The van der Waals surface area contributed by atoms with Crippen molar-refractivity contribution in [1.82, 2.24) is 25.2 Å². The molecule has 3 aliphatic heterocycles. The summed E-state index contributed by atoms with van der Waals surface area (Å²) in [7, 11) is 1.40. The van der Waals surface area contributed by atoms with Crippen LogP contribution in [0.1, 0.15) is 51.9 Å². The molecule has 3 saturated heterocycles. The van der Waals surface area contributed by atoms with Crippen LogP contribution in [0.3, 0.4) is 0 Å². The summed E-state index contributed by atoms with van der Waals surface area (Å²) in [5, 5.41) is 26.0. The van der Waals surface area contributed by atoms with Gasteiger partial charge in [-0.05, 0) is 74.6 Å². The van der Waals surface area contributed by atoms with Gasteiger partial charge in [0.25, 0.3) is 0 Å². The fraction of sp³-hybridized carbons (Fsp3) is 0.550. The Kier molecular flexibility index (Phi) is 8.58. The number of phenols is 1. The van der Waals surface area contributed by atoms with Gasteiger partial charge in [-0.1, -0.05) is 18.6 Å². The summed E-state index contributed by atoms with van der Waals surface area (Å²) in [6.07, 6.45) is 6.38. The quantitative estimate of drug-likeness (QED) is 0.236. The maximum Gasteiger partial charge on any atom is 0.319 e. The van der Waals surface area contributed by atoms with Gasteiger partial charge >= 0.3 is 6.01 Å². The third-order valence-corrected chi connectivity index (χ3v) is 13.1. The fourth-order valence-electron chi connectivity index (χ4n) is 10.7. The standard InChI is InChI=1S/C40H46F2N6O6/c1-23(49)48-20-38(21-48)16-25(17-38)40-10-4-8-39(40,9-5-11-43-40)22-54-37-45-34-31(35(46-37)47-12-13-53-19-27(51)18-47)36(52-2)44-33(32(34)42)28-15-26(50)14-24-6-3-7-29(41)30(24)28/h3,6-7,14-15,25,27,43,50-51H,4-5,8-13,16-22H2,1-2H3. The van der Waals surface area contributed by atoms with E-state index in [1.165, 1.54) is 31.4 Å². The van der Waals surface area contributed by atoms with Gasteiger partial charge in [0, 0.05) is 60.4 Å². The number of anilines is 1. The molecule has 0 radical (unpaired) electrons. The third-order valence-electron chi connectivity index (χ3n) is 13.1. The molecule has 12 nitrogen and oxygen atoms in total. The number of nitrogens with one attached hydrogen (secondary N) is 1. The lowest BCUT2D eigenvalue weighted by molar-refractivity contribution is -0.167. The van der Waals surface area contributed by atoms with E-state index in [4.69, 9.17) is 24.2 Å². The predicted molar refractivity (Wildman–Crippen MR) is 197 cm³/mol. The van der Waals surface area contributed by atoms with Crippen LogP contribution < -0.4 is 19.7 Å². The molecule has 2 aliphatic carbocycles. The van der Waals surface area contributed by atoms with E-state index in [0.29, 0.717) is 31.1 Å². The minimum atomic E-state index is -0.853. The van der Waals surface area contributed by atoms with Gasteiger partial charge in [-0.3, -0.25) is 4.79 Å². The van der Waals surface area contributed by atoms with Crippen LogP contribution in [0.15, 0.2) is 30.3 Å². The van der Waals surface area contributed by atoms with Crippen molar-refractivity contribution < 1.29 is 38.0 Å². The van der Waals surface area contributed by atoms with E-state index < -0.39 is 17.7 Å².